The second-order valence-corrected chi connectivity index (χ2v) is 6.12. The van der Waals surface area contributed by atoms with Crippen LogP contribution in [0.25, 0.3) is 0 Å². The number of ether oxygens (including phenoxy) is 1. The molecule has 1 aliphatic heterocycles. The van der Waals surface area contributed by atoms with Gasteiger partial charge in [0, 0.05) is 19.6 Å². The van der Waals surface area contributed by atoms with Crippen LogP contribution in [0.1, 0.15) is 34.6 Å². The van der Waals surface area contributed by atoms with Crippen LogP contribution in [-0.2, 0) is 4.74 Å². The Kier molecular flexibility index (Phi) is 4.77. The molecular formula is C13H28N2O. The Balaban J connectivity index is 2.53. The van der Waals surface area contributed by atoms with E-state index >= 15 is 0 Å². The maximum absolute atomic E-state index is 5.91. The molecule has 3 heteroatoms. The lowest BCUT2D eigenvalue weighted by Crippen LogP contribution is -2.53. The molecule has 1 heterocycles. The van der Waals surface area contributed by atoms with Crippen LogP contribution in [0.3, 0.4) is 0 Å². The fourth-order valence-electron chi connectivity index (χ4n) is 2.61. The van der Waals surface area contributed by atoms with Crippen molar-refractivity contribution >= 4 is 0 Å². The summed E-state index contributed by atoms with van der Waals surface area (Å²) in [6.45, 7) is 14.9. The van der Waals surface area contributed by atoms with Gasteiger partial charge in [0.05, 0.1) is 11.7 Å². The normalized spacial score (nSPS) is 28.3. The fourth-order valence-corrected chi connectivity index (χ4v) is 2.61. The first-order valence-corrected chi connectivity index (χ1v) is 6.44. The number of nitrogens with zero attached hydrogens (tertiary/aromatic N) is 1. The molecule has 0 radical (unpaired) electrons. The Morgan fingerprint density at radius 1 is 1.44 bits per heavy atom. The van der Waals surface area contributed by atoms with Crippen LogP contribution < -0.4 is 5.73 Å². The predicted molar refractivity (Wildman–Crippen MR) is 68.4 cm³/mol. The molecule has 96 valence electrons. The highest BCUT2D eigenvalue weighted by molar-refractivity contribution is 4.84. The van der Waals surface area contributed by atoms with Gasteiger partial charge in [0.1, 0.15) is 0 Å². The summed E-state index contributed by atoms with van der Waals surface area (Å²) in [7, 11) is 0. The Labute approximate surface area is 100 Å². The SMILES string of the molecule is CC1CN(CC(CN)C(C)C)CC(C)(C)O1. The molecule has 0 aromatic heterocycles. The van der Waals surface area contributed by atoms with Gasteiger partial charge < -0.3 is 10.5 Å². The van der Waals surface area contributed by atoms with Crippen LogP contribution in [0.15, 0.2) is 0 Å². The summed E-state index contributed by atoms with van der Waals surface area (Å²) >= 11 is 0. The zero-order chi connectivity index (χ0) is 12.3. The van der Waals surface area contributed by atoms with Gasteiger partial charge in [-0.3, -0.25) is 4.90 Å². The highest BCUT2D eigenvalue weighted by atomic mass is 16.5. The van der Waals surface area contributed by atoms with Crippen molar-refractivity contribution in [3.8, 4) is 0 Å². The summed E-state index contributed by atoms with van der Waals surface area (Å²) in [6, 6.07) is 0. The first-order valence-electron chi connectivity index (χ1n) is 6.44. The molecule has 0 amide bonds. The summed E-state index contributed by atoms with van der Waals surface area (Å²) in [5.41, 5.74) is 5.82. The minimum atomic E-state index is -0.0200. The Morgan fingerprint density at radius 3 is 2.50 bits per heavy atom. The molecule has 1 saturated heterocycles. The van der Waals surface area contributed by atoms with Crippen molar-refractivity contribution in [1.82, 2.24) is 4.90 Å². The third-order valence-electron chi connectivity index (χ3n) is 3.38. The largest absolute Gasteiger partial charge is 0.370 e. The van der Waals surface area contributed by atoms with Crippen LogP contribution in [-0.4, -0.2) is 42.8 Å². The monoisotopic (exact) mass is 228 g/mol. The first kappa shape index (κ1) is 13.9. The van der Waals surface area contributed by atoms with Crippen molar-refractivity contribution in [3.05, 3.63) is 0 Å². The van der Waals surface area contributed by atoms with Gasteiger partial charge in [-0.1, -0.05) is 13.8 Å². The number of nitrogens with two attached hydrogens (primary N) is 1. The van der Waals surface area contributed by atoms with Crippen LogP contribution in [0, 0.1) is 11.8 Å². The van der Waals surface area contributed by atoms with Gasteiger partial charge in [-0.05, 0) is 39.2 Å². The molecular weight excluding hydrogens is 200 g/mol. The molecule has 2 unspecified atom stereocenters. The number of rotatable bonds is 4. The molecule has 16 heavy (non-hydrogen) atoms. The van der Waals surface area contributed by atoms with Gasteiger partial charge in [0.2, 0.25) is 0 Å². The molecule has 2 atom stereocenters. The number of hydrogen-bond acceptors (Lipinski definition) is 3. The van der Waals surface area contributed by atoms with Crippen molar-refractivity contribution in [2.75, 3.05) is 26.2 Å². The van der Waals surface area contributed by atoms with E-state index in [2.05, 4.69) is 39.5 Å². The Hall–Kier alpha value is -0.120. The van der Waals surface area contributed by atoms with E-state index in [9.17, 15) is 0 Å². The average Bonchev–Trinajstić information content (AvgIpc) is 2.10. The predicted octanol–water partition coefficient (Wildman–Crippen LogP) is 1.72. The van der Waals surface area contributed by atoms with E-state index in [1.165, 1.54) is 0 Å². The standard InChI is InChI=1S/C13H28N2O/c1-10(2)12(6-14)8-15-7-11(3)16-13(4,5)9-15/h10-12H,6-9,14H2,1-5H3. The molecule has 0 bridgehead atoms. The van der Waals surface area contributed by atoms with E-state index in [0.717, 1.165) is 26.2 Å². The van der Waals surface area contributed by atoms with E-state index in [0.29, 0.717) is 17.9 Å². The van der Waals surface area contributed by atoms with Crippen LogP contribution in [0.4, 0.5) is 0 Å². The number of morpholine rings is 1. The first-order chi connectivity index (χ1) is 7.34. The minimum Gasteiger partial charge on any atom is -0.370 e. The smallest absolute Gasteiger partial charge is 0.0757 e. The lowest BCUT2D eigenvalue weighted by atomic mass is 9.94. The summed E-state index contributed by atoms with van der Waals surface area (Å²) < 4.78 is 5.91. The molecule has 2 N–H and O–H groups in total. The maximum Gasteiger partial charge on any atom is 0.0757 e. The molecule has 0 saturated carbocycles. The molecule has 1 rings (SSSR count). The highest BCUT2D eigenvalue weighted by Crippen LogP contribution is 2.22. The van der Waals surface area contributed by atoms with Gasteiger partial charge in [0.15, 0.2) is 0 Å². The lowest BCUT2D eigenvalue weighted by molar-refractivity contribution is -0.131. The van der Waals surface area contributed by atoms with Crippen molar-refractivity contribution < 1.29 is 4.74 Å². The van der Waals surface area contributed by atoms with Crippen molar-refractivity contribution in [1.29, 1.82) is 0 Å². The lowest BCUT2D eigenvalue weighted by Gasteiger charge is -2.43. The van der Waals surface area contributed by atoms with Crippen LogP contribution in [0.5, 0.6) is 0 Å². The van der Waals surface area contributed by atoms with Gasteiger partial charge in [-0.25, -0.2) is 0 Å². The molecule has 0 spiro atoms. The van der Waals surface area contributed by atoms with Crippen LogP contribution >= 0.6 is 0 Å². The van der Waals surface area contributed by atoms with Crippen molar-refractivity contribution in [2.24, 2.45) is 17.6 Å². The van der Waals surface area contributed by atoms with E-state index in [-0.39, 0.29) is 5.60 Å². The molecule has 0 aliphatic carbocycles. The van der Waals surface area contributed by atoms with Crippen molar-refractivity contribution in [2.45, 2.75) is 46.3 Å². The second kappa shape index (κ2) is 5.48. The molecule has 1 aliphatic rings. The zero-order valence-corrected chi connectivity index (χ0v) is 11.5. The number of hydrogen-bond donors (Lipinski definition) is 1. The third-order valence-corrected chi connectivity index (χ3v) is 3.38. The van der Waals surface area contributed by atoms with Crippen LogP contribution in [0.2, 0.25) is 0 Å². The second-order valence-electron chi connectivity index (χ2n) is 6.12. The van der Waals surface area contributed by atoms with E-state index in [4.69, 9.17) is 10.5 Å². The Bertz CT molecular complexity index is 216. The van der Waals surface area contributed by atoms with E-state index in [1.807, 2.05) is 0 Å². The zero-order valence-electron chi connectivity index (χ0n) is 11.5. The topological polar surface area (TPSA) is 38.5 Å². The molecule has 0 aromatic carbocycles. The van der Waals surface area contributed by atoms with Gasteiger partial charge in [-0.15, -0.1) is 0 Å². The molecule has 1 fully saturated rings. The van der Waals surface area contributed by atoms with Crippen molar-refractivity contribution in [3.63, 3.8) is 0 Å². The summed E-state index contributed by atoms with van der Waals surface area (Å²) in [5.74, 6) is 1.26. The molecule has 0 aromatic rings. The minimum absolute atomic E-state index is 0.0200. The van der Waals surface area contributed by atoms with Gasteiger partial charge in [-0.2, -0.15) is 0 Å². The Morgan fingerprint density at radius 2 is 2.06 bits per heavy atom. The summed E-state index contributed by atoms with van der Waals surface area (Å²) in [5, 5.41) is 0. The average molecular weight is 228 g/mol. The highest BCUT2D eigenvalue weighted by Gasteiger charge is 2.32. The van der Waals surface area contributed by atoms with E-state index in [1.54, 1.807) is 0 Å². The van der Waals surface area contributed by atoms with E-state index < -0.39 is 0 Å². The third kappa shape index (κ3) is 4.04. The maximum atomic E-state index is 5.91. The molecule has 3 nitrogen and oxygen atoms in total. The quantitative estimate of drug-likeness (QED) is 0.796. The van der Waals surface area contributed by atoms with Gasteiger partial charge in [0.25, 0.3) is 0 Å². The van der Waals surface area contributed by atoms with Gasteiger partial charge >= 0.3 is 0 Å². The fraction of sp³-hybridized carbons (Fsp3) is 1.00. The summed E-state index contributed by atoms with van der Waals surface area (Å²) in [4.78, 5) is 2.51. The summed E-state index contributed by atoms with van der Waals surface area (Å²) in [6.07, 6.45) is 0.328.